The van der Waals surface area contributed by atoms with Crippen molar-refractivity contribution in [2.75, 3.05) is 0 Å². The number of carbonyl (C=O) groups excluding carboxylic acids is 1. The molecule has 1 heteroatoms. The smallest absolute Gasteiger partial charge is 0.132 e. The second-order valence-corrected chi connectivity index (χ2v) is 7.18. The number of unbranched alkanes of at least 4 members (excludes halogenated alkanes) is 3. The lowest BCUT2D eigenvalue weighted by Gasteiger charge is -2.47. The van der Waals surface area contributed by atoms with Crippen molar-refractivity contribution in [1.29, 1.82) is 0 Å². The molecule has 0 unspecified atom stereocenters. The quantitative estimate of drug-likeness (QED) is 0.491. The number of Topliss-reactive ketones (excluding diaryl/α,β-unsaturated/α-hetero) is 1. The number of hydrogen-bond acceptors (Lipinski definition) is 1. The molecule has 0 saturated heterocycles. The lowest BCUT2D eigenvalue weighted by Crippen LogP contribution is -2.33. The van der Waals surface area contributed by atoms with E-state index in [0.29, 0.717) is 11.2 Å². The zero-order chi connectivity index (χ0) is 13.6. The molecule has 3 saturated carbocycles. The lowest BCUT2D eigenvalue weighted by molar-refractivity contribution is -0.119. The van der Waals surface area contributed by atoms with Gasteiger partial charge in [-0.3, -0.25) is 4.79 Å². The van der Waals surface area contributed by atoms with Crippen molar-refractivity contribution in [3.8, 4) is 0 Å². The standard InChI is InChI=1S/C18H32O/c1-2-3-4-5-7-17(19)8-6-12-18-13-9-16(10-14-18)11-15-18/h16H,2-15H2,1H3. The highest BCUT2D eigenvalue weighted by atomic mass is 16.1. The zero-order valence-corrected chi connectivity index (χ0v) is 12.9. The van der Waals surface area contributed by atoms with Gasteiger partial charge in [0.25, 0.3) is 0 Å². The van der Waals surface area contributed by atoms with Gasteiger partial charge in [-0.05, 0) is 69.1 Å². The molecule has 0 N–H and O–H groups in total. The van der Waals surface area contributed by atoms with E-state index in [1.54, 1.807) is 0 Å². The fraction of sp³-hybridized carbons (Fsp3) is 0.944. The topological polar surface area (TPSA) is 17.1 Å². The molecule has 0 aromatic heterocycles. The van der Waals surface area contributed by atoms with Crippen LogP contribution in [0.25, 0.3) is 0 Å². The van der Waals surface area contributed by atoms with Gasteiger partial charge >= 0.3 is 0 Å². The van der Waals surface area contributed by atoms with Crippen LogP contribution in [0.5, 0.6) is 0 Å². The average molecular weight is 264 g/mol. The molecular weight excluding hydrogens is 232 g/mol. The van der Waals surface area contributed by atoms with Crippen molar-refractivity contribution in [1.82, 2.24) is 0 Å². The summed E-state index contributed by atoms with van der Waals surface area (Å²) in [7, 11) is 0. The minimum Gasteiger partial charge on any atom is -0.300 e. The van der Waals surface area contributed by atoms with Gasteiger partial charge in [0, 0.05) is 12.8 Å². The Labute approximate surface area is 119 Å². The summed E-state index contributed by atoms with van der Waals surface area (Å²) in [6, 6.07) is 0. The molecule has 3 aliphatic carbocycles. The first kappa shape index (κ1) is 15.1. The minimum atomic E-state index is 0.525. The molecule has 0 amide bonds. The van der Waals surface area contributed by atoms with Gasteiger partial charge in [0.1, 0.15) is 5.78 Å². The number of carbonyl (C=O) groups is 1. The molecule has 1 nitrogen and oxygen atoms in total. The van der Waals surface area contributed by atoms with Crippen LogP contribution in [-0.4, -0.2) is 5.78 Å². The van der Waals surface area contributed by atoms with Crippen molar-refractivity contribution < 1.29 is 4.79 Å². The van der Waals surface area contributed by atoms with Gasteiger partial charge < -0.3 is 0 Å². The molecule has 2 bridgehead atoms. The fourth-order valence-corrected chi connectivity index (χ4v) is 4.25. The lowest BCUT2D eigenvalue weighted by atomic mass is 9.59. The number of hydrogen-bond donors (Lipinski definition) is 0. The maximum Gasteiger partial charge on any atom is 0.132 e. The van der Waals surface area contributed by atoms with E-state index in [9.17, 15) is 4.79 Å². The summed E-state index contributed by atoms with van der Waals surface area (Å²) in [4.78, 5) is 11.9. The van der Waals surface area contributed by atoms with Crippen LogP contribution in [0.3, 0.4) is 0 Å². The van der Waals surface area contributed by atoms with E-state index in [2.05, 4.69) is 6.92 Å². The Morgan fingerprint density at radius 2 is 1.58 bits per heavy atom. The van der Waals surface area contributed by atoms with Crippen LogP contribution in [-0.2, 0) is 4.79 Å². The normalized spacial score (nSPS) is 29.6. The van der Waals surface area contributed by atoms with E-state index in [-0.39, 0.29) is 0 Å². The Hall–Kier alpha value is -0.330. The molecular formula is C18H32O. The molecule has 110 valence electrons. The van der Waals surface area contributed by atoms with Crippen LogP contribution < -0.4 is 0 Å². The average Bonchev–Trinajstić information content (AvgIpc) is 2.45. The first-order chi connectivity index (χ1) is 9.24. The molecule has 3 rings (SSSR count). The third kappa shape index (κ3) is 4.61. The molecule has 0 heterocycles. The molecule has 19 heavy (non-hydrogen) atoms. The van der Waals surface area contributed by atoms with Gasteiger partial charge in [-0.25, -0.2) is 0 Å². The Balaban J connectivity index is 1.57. The number of fused-ring (bicyclic) bond motifs is 3. The van der Waals surface area contributed by atoms with Gasteiger partial charge in [0.2, 0.25) is 0 Å². The van der Waals surface area contributed by atoms with Gasteiger partial charge in [-0.2, -0.15) is 0 Å². The Morgan fingerprint density at radius 1 is 0.947 bits per heavy atom. The summed E-state index contributed by atoms with van der Waals surface area (Å²) in [5.41, 5.74) is 0.664. The van der Waals surface area contributed by atoms with E-state index in [4.69, 9.17) is 0 Å². The maximum atomic E-state index is 11.9. The molecule has 3 fully saturated rings. The molecule has 0 aromatic carbocycles. The molecule has 0 radical (unpaired) electrons. The Bertz CT molecular complexity index is 260. The highest BCUT2D eigenvalue weighted by molar-refractivity contribution is 5.78. The second kappa shape index (κ2) is 7.45. The molecule has 3 aliphatic rings. The van der Waals surface area contributed by atoms with Crippen molar-refractivity contribution in [2.45, 2.75) is 96.8 Å². The second-order valence-electron chi connectivity index (χ2n) is 7.18. The zero-order valence-electron chi connectivity index (χ0n) is 12.9. The van der Waals surface area contributed by atoms with Gasteiger partial charge in [-0.1, -0.05) is 26.2 Å². The van der Waals surface area contributed by atoms with Crippen molar-refractivity contribution in [3.05, 3.63) is 0 Å². The summed E-state index contributed by atoms with van der Waals surface area (Å²) in [6.45, 7) is 2.22. The summed E-state index contributed by atoms with van der Waals surface area (Å²) in [6.07, 6.45) is 17.9. The van der Waals surface area contributed by atoms with Crippen LogP contribution in [0.2, 0.25) is 0 Å². The first-order valence-corrected chi connectivity index (χ1v) is 8.76. The first-order valence-electron chi connectivity index (χ1n) is 8.76. The van der Waals surface area contributed by atoms with Crippen LogP contribution in [0.1, 0.15) is 96.8 Å². The highest BCUT2D eigenvalue weighted by Gasteiger charge is 2.39. The van der Waals surface area contributed by atoms with Crippen LogP contribution in [0.4, 0.5) is 0 Å². The van der Waals surface area contributed by atoms with Crippen molar-refractivity contribution in [3.63, 3.8) is 0 Å². The number of rotatable bonds is 9. The third-order valence-electron chi connectivity index (χ3n) is 5.72. The SMILES string of the molecule is CCCCCCC(=O)CCCC12CCC(CC1)CC2. The van der Waals surface area contributed by atoms with Gasteiger partial charge in [-0.15, -0.1) is 0 Å². The van der Waals surface area contributed by atoms with Crippen LogP contribution in [0.15, 0.2) is 0 Å². The van der Waals surface area contributed by atoms with Crippen LogP contribution >= 0.6 is 0 Å². The molecule has 0 atom stereocenters. The Kier molecular flexibility index (Phi) is 5.91. The number of ketones is 1. The van der Waals surface area contributed by atoms with Gasteiger partial charge in [0.15, 0.2) is 0 Å². The van der Waals surface area contributed by atoms with E-state index in [0.717, 1.165) is 31.6 Å². The largest absolute Gasteiger partial charge is 0.300 e. The van der Waals surface area contributed by atoms with E-state index in [1.807, 2.05) is 0 Å². The minimum absolute atomic E-state index is 0.525. The summed E-state index contributed by atoms with van der Waals surface area (Å²) < 4.78 is 0. The molecule has 0 spiro atoms. The Morgan fingerprint density at radius 3 is 2.21 bits per heavy atom. The van der Waals surface area contributed by atoms with Crippen molar-refractivity contribution in [2.24, 2.45) is 11.3 Å². The monoisotopic (exact) mass is 264 g/mol. The van der Waals surface area contributed by atoms with E-state index in [1.165, 1.54) is 64.2 Å². The molecule has 0 aromatic rings. The van der Waals surface area contributed by atoms with Crippen LogP contribution in [0, 0.1) is 11.3 Å². The van der Waals surface area contributed by atoms with E-state index < -0.39 is 0 Å². The van der Waals surface area contributed by atoms with E-state index >= 15 is 0 Å². The highest BCUT2D eigenvalue weighted by Crippen LogP contribution is 2.52. The fourth-order valence-electron chi connectivity index (χ4n) is 4.25. The predicted molar refractivity (Wildman–Crippen MR) is 81.2 cm³/mol. The summed E-state index contributed by atoms with van der Waals surface area (Å²) in [5.74, 6) is 1.58. The predicted octanol–water partition coefficient (Wildman–Crippen LogP) is 5.67. The summed E-state index contributed by atoms with van der Waals surface area (Å²) in [5, 5.41) is 0. The third-order valence-corrected chi connectivity index (χ3v) is 5.72. The summed E-state index contributed by atoms with van der Waals surface area (Å²) >= 11 is 0. The van der Waals surface area contributed by atoms with Gasteiger partial charge in [0.05, 0.1) is 0 Å². The molecule has 0 aliphatic heterocycles. The van der Waals surface area contributed by atoms with Crippen molar-refractivity contribution >= 4 is 5.78 Å². The maximum absolute atomic E-state index is 11.9.